The Hall–Kier alpha value is -2.95. The van der Waals surface area contributed by atoms with Gasteiger partial charge in [0.1, 0.15) is 6.07 Å². The third-order valence-corrected chi connectivity index (χ3v) is 6.13. The van der Waals surface area contributed by atoms with Crippen molar-refractivity contribution in [3.63, 3.8) is 0 Å². The van der Waals surface area contributed by atoms with Crippen LogP contribution in [0.3, 0.4) is 0 Å². The molecule has 3 rings (SSSR count). The molecule has 27 heavy (non-hydrogen) atoms. The molecular weight excluding hydrogens is 362 g/mol. The van der Waals surface area contributed by atoms with Gasteiger partial charge in [-0.1, -0.05) is 24.3 Å². The van der Waals surface area contributed by atoms with Crippen LogP contribution in [-0.2, 0) is 16.4 Å². The maximum atomic E-state index is 12.4. The Labute approximate surface area is 157 Å². The maximum Gasteiger partial charge on any atom is 0.251 e. The number of pyridine rings is 1. The molecular formula is C20H19N3O3S. The van der Waals surface area contributed by atoms with Crippen molar-refractivity contribution in [1.29, 1.82) is 5.26 Å². The summed E-state index contributed by atoms with van der Waals surface area (Å²) in [5.41, 5.74) is 3.27. The molecule has 0 aliphatic heterocycles. The van der Waals surface area contributed by atoms with E-state index in [0.717, 1.165) is 22.0 Å². The van der Waals surface area contributed by atoms with Gasteiger partial charge in [-0.25, -0.2) is 13.1 Å². The van der Waals surface area contributed by atoms with Crippen molar-refractivity contribution in [2.24, 2.45) is 0 Å². The first-order valence-corrected chi connectivity index (χ1v) is 9.92. The lowest BCUT2D eigenvalue weighted by molar-refractivity contribution is 0.581. The summed E-state index contributed by atoms with van der Waals surface area (Å²) in [6.45, 7) is 3.99. The highest BCUT2D eigenvalue weighted by atomic mass is 32.2. The molecule has 0 amide bonds. The number of H-pyrrole nitrogens is 1. The van der Waals surface area contributed by atoms with E-state index in [1.54, 1.807) is 18.2 Å². The molecule has 2 N–H and O–H groups in total. The van der Waals surface area contributed by atoms with Crippen LogP contribution in [0.4, 0.5) is 0 Å². The zero-order valence-corrected chi connectivity index (χ0v) is 15.9. The number of hydrogen-bond acceptors (Lipinski definition) is 4. The Bertz CT molecular complexity index is 1220. The highest BCUT2D eigenvalue weighted by molar-refractivity contribution is 7.89. The Morgan fingerprint density at radius 2 is 1.89 bits per heavy atom. The number of nitrogens with zero attached hydrogens (tertiary/aromatic N) is 1. The molecule has 0 unspecified atom stereocenters. The van der Waals surface area contributed by atoms with Gasteiger partial charge >= 0.3 is 0 Å². The van der Waals surface area contributed by atoms with Crippen molar-refractivity contribution >= 4 is 20.9 Å². The van der Waals surface area contributed by atoms with E-state index in [0.29, 0.717) is 5.56 Å². The van der Waals surface area contributed by atoms with Gasteiger partial charge in [-0.2, -0.15) is 5.26 Å². The second-order valence-corrected chi connectivity index (χ2v) is 8.09. The third-order valence-electron chi connectivity index (χ3n) is 4.61. The molecule has 0 saturated heterocycles. The number of benzene rings is 2. The van der Waals surface area contributed by atoms with E-state index in [1.807, 2.05) is 32.0 Å². The fraction of sp³-hybridized carbons (Fsp3) is 0.200. The number of sulfonamides is 1. The fourth-order valence-electron chi connectivity index (χ4n) is 2.95. The third kappa shape index (κ3) is 3.77. The number of rotatable bonds is 5. The molecule has 3 aromatic rings. The number of aryl methyl sites for hydroxylation is 2. The van der Waals surface area contributed by atoms with Gasteiger partial charge in [-0.05, 0) is 55.0 Å². The fourth-order valence-corrected chi connectivity index (χ4v) is 4.13. The van der Waals surface area contributed by atoms with Crippen LogP contribution in [0.5, 0.6) is 0 Å². The molecule has 0 fully saturated rings. The molecule has 0 saturated carbocycles. The quantitative estimate of drug-likeness (QED) is 0.709. The first-order valence-electron chi connectivity index (χ1n) is 8.44. The van der Waals surface area contributed by atoms with Crippen LogP contribution in [0.2, 0.25) is 0 Å². The minimum absolute atomic E-state index is 0.0571. The van der Waals surface area contributed by atoms with Gasteiger partial charge in [0.25, 0.3) is 5.56 Å². The number of fused-ring (bicyclic) bond motifs is 1. The molecule has 2 aromatic carbocycles. The first-order chi connectivity index (χ1) is 12.8. The summed E-state index contributed by atoms with van der Waals surface area (Å²) in [7, 11) is -3.83. The largest absolute Gasteiger partial charge is 0.321 e. The smallest absolute Gasteiger partial charge is 0.251 e. The van der Waals surface area contributed by atoms with Gasteiger partial charge in [-0.3, -0.25) is 4.79 Å². The number of aromatic nitrogens is 1. The normalized spacial score (nSPS) is 11.4. The van der Waals surface area contributed by atoms with Crippen molar-refractivity contribution in [2.45, 2.75) is 25.2 Å². The predicted molar refractivity (Wildman–Crippen MR) is 104 cm³/mol. The lowest BCUT2D eigenvalue weighted by Gasteiger charge is -2.09. The van der Waals surface area contributed by atoms with Crippen molar-refractivity contribution in [2.75, 3.05) is 6.54 Å². The molecule has 7 heteroatoms. The van der Waals surface area contributed by atoms with Crippen molar-refractivity contribution in [3.05, 3.63) is 75.1 Å². The predicted octanol–water partition coefficient (Wildman–Crippen LogP) is 2.54. The van der Waals surface area contributed by atoms with Crippen LogP contribution in [0, 0.1) is 25.2 Å². The number of aromatic amines is 1. The van der Waals surface area contributed by atoms with Gasteiger partial charge in [0, 0.05) is 12.1 Å². The summed E-state index contributed by atoms with van der Waals surface area (Å²) >= 11 is 0. The van der Waals surface area contributed by atoms with Crippen LogP contribution >= 0.6 is 0 Å². The topological polar surface area (TPSA) is 103 Å². The summed E-state index contributed by atoms with van der Waals surface area (Å²) in [6, 6.07) is 13.6. The van der Waals surface area contributed by atoms with E-state index in [1.165, 1.54) is 12.1 Å². The minimum atomic E-state index is -3.83. The monoisotopic (exact) mass is 381 g/mol. The van der Waals surface area contributed by atoms with Crippen LogP contribution in [0.1, 0.15) is 22.3 Å². The molecule has 6 nitrogen and oxygen atoms in total. The lowest BCUT2D eigenvalue weighted by atomic mass is 10.0. The molecule has 0 aliphatic carbocycles. The summed E-state index contributed by atoms with van der Waals surface area (Å²) in [6.07, 6.45) is 0.242. The number of nitrogens with one attached hydrogen (secondary N) is 2. The second-order valence-electron chi connectivity index (χ2n) is 6.35. The zero-order chi connectivity index (χ0) is 19.6. The zero-order valence-electron chi connectivity index (χ0n) is 15.0. The molecule has 0 bridgehead atoms. The van der Waals surface area contributed by atoms with Gasteiger partial charge in [0.15, 0.2) is 0 Å². The van der Waals surface area contributed by atoms with E-state index in [2.05, 4.69) is 9.71 Å². The SMILES string of the molecule is Cc1ccc2cc(CCNS(=O)(=O)c3ccccc3C#N)c(=O)[nH]c2c1C. The summed E-state index contributed by atoms with van der Waals surface area (Å²) in [5.74, 6) is 0. The van der Waals surface area contributed by atoms with Crippen LogP contribution in [0.25, 0.3) is 10.9 Å². The van der Waals surface area contributed by atoms with Gasteiger partial charge < -0.3 is 4.98 Å². The molecule has 138 valence electrons. The maximum absolute atomic E-state index is 12.4. The Morgan fingerprint density at radius 1 is 1.15 bits per heavy atom. The Morgan fingerprint density at radius 3 is 2.63 bits per heavy atom. The highest BCUT2D eigenvalue weighted by Gasteiger charge is 2.17. The summed E-state index contributed by atoms with van der Waals surface area (Å²) < 4.78 is 27.3. The lowest BCUT2D eigenvalue weighted by Crippen LogP contribution is -2.28. The second kappa shape index (κ2) is 7.35. The number of nitriles is 1. The van der Waals surface area contributed by atoms with Crippen molar-refractivity contribution in [3.8, 4) is 6.07 Å². The average molecular weight is 381 g/mol. The van der Waals surface area contributed by atoms with Crippen LogP contribution < -0.4 is 10.3 Å². The van der Waals surface area contributed by atoms with Crippen molar-refractivity contribution in [1.82, 2.24) is 9.71 Å². The van der Waals surface area contributed by atoms with E-state index in [-0.39, 0.29) is 29.0 Å². The molecule has 0 spiro atoms. The van der Waals surface area contributed by atoms with Crippen molar-refractivity contribution < 1.29 is 8.42 Å². The van der Waals surface area contributed by atoms with Gasteiger partial charge in [0.2, 0.25) is 10.0 Å². The first kappa shape index (κ1) is 18.8. The minimum Gasteiger partial charge on any atom is -0.321 e. The molecule has 1 aromatic heterocycles. The Kier molecular flexibility index (Phi) is 5.13. The molecule has 0 aliphatic rings. The molecule has 1 heterocycles. The van der Waals surface area contributed by atoms with E-state index in [4.69, 9.17) is 5.26 Å². The average Bonchev–Trinajstić information content (AvgIpc) is 2.66. The van der Waals surface area contributed by atoms with E-state index < -0.39 is 10.0 Å². The molecule has 0 atom stereocenters. The van der Waals surface area contributed by atoms with Gasteiger partial charge in [0.05, 0.1) is 16.0 Å². The van der Waals surface area contributed by atoms with E-state index in [9.17, 15) is 13.2 Å². The molecule has 0 radical (unpaired) electrons. The standard InChI is InChI=1S/C20H19N3O3S/c1-13-7-8-15-11-16(20(24)23-19(15)14(13)2)9-10-22-27(25,26)18-6-4-3-5-17(18)12-21/h3-8,11,22H,9-10H2,1-2H3,(H,23,24). The highest BCUT2D eigenvalue weighted by Crippen LogP contribution is 2.19. The van der Waals surface area contributed by atoms with Crippen LogP contribution in [-0.4, -0.2) is 19.9 Å². The Balaban J connectivity index is 1.81. The number of hydrogen-bond donors (Lipinski definition) is 2. The summed E-state index contributed by atoms with van der Waals surface area (Å²) in [4.78, 5) is 15.2. The van der Waals surface area contributed by atoms with E-state index >= 15 is 0 Å². The summed E-state index contributed by atoms with van der Waals surface area (Å²) in [5, 5.41) is 9.98. The van der Waals surface area contributed by atoms with Crippen LogP contribution in [0.15, 0.2) is 52.2 Å². The van der Waals surface area contributed by atoms with Gasteiger partial charge in [-0.15, -0.1) is 0 Å².